The third-order valence-corrected chi connectivity index (χ3v) is 1.90. The Balaban J connectivity index is 3.00. The maximum atomic E-state index is 11.2. The minimum atomic E-state index is -0.679. The molecule has 5 heteroatoms. The van der Waals surface area contributed by atoms with Crippen molar-refractivity contribution in [2.75, 3.05) is 14.2 Å². The molecule has 0 atom stereocenters. The fourth-order valence-electron chi connectivity index (χ4n) is 1.07. The van der Waals surface area contributed by atoms with Gasteiger partial charge in [-0.3, -0.25) is 0 Å². The standard InChI is InChI=1S/C12H10O5/c1-16-11(14)6-4-8-3-5-9(10(13)7-8)12(15)17-2/h3,5,7,13H,1-2H3. The van der Waals surface area contributed by atoms with Crippen LogP contribution >= 0.6 is 0 Å². The first kappa shape index (κ1) is 12.6. The molecular formula is C12H10O5. The van der Waals surface area contributed by atoms with Gasteiger partial charge in [0.2, 0.25) is 0 Å². The van der Waals surface area contributed by atoms with E-state index >= 15 is 0 Å². The molecule has 0 saturated heterocycles. The number of methoxy groups -OCH3 is 2. The summed E-state index contributed by atoms with van der Waals surface area (Å²) in [7, 11) is 2.43. The van der Waals surface area contributed by atoms with E-state index in [0.29, 0.717) is 5.56 Å². The van der Waals surface area contributed by atoms with E-state index in [4.69, 9.17) is 0 Å². The lowest BCUT2D eigenvalue weighted by Gasteiger charge is -2.02. The Morgan fingerprint density at radius 3 is 2.47 bits per heavy atom. The van der Waals surface area contributed by atoms with E-state index in [9.17, 15) is 14.7 Å². The first-order valence-electron chi connectivity index (χ1n) is 4.59. The second-order valence-electron chi connectivity index (χ2n) is 2.97. The van der Waals surface area contributed by atoms with Crippen molar-refractivity contribution in [3.63, 3.8) is 0 Å². The van der Waals surface area contributed by atoms with Gasteiger partial charge in [0.25, 0.3) is 0 Å². The molecule has 0 bridgehead atoms. The summed E-state index contributed by atoms with van der Waals surface area (Å²) < 4.78 is 8.80. The maximum absolute atomic E-state index is 11.2. The summed E-state index contributed by atoms with van der Waals surface area (Å²) in [5.41, 5.74) is 0.427. The first-order chi connectivity index (χ1) is 8.08. The molecule has 88 valence electrons. The van der Waals surface area contributed by atoms with Crippen LogP contribution in [0.1, 0.15) is 15.9 Å². The van der Waals surface area contributed by atoms with Gasteiger partial charge >= 0.3 is 11.9 Å². The zero-order valence-corrected chi connectivity index (χ0v) is 9.31. The fourth-order valence-corrected chi connectivity index (χ4v) is 1.07. The third kappa shape index (κ3) is 3.24. The van der Waals surface area contributed by atoms with Crippen LogP contribution in [0.25, 0.3) is 0 Å². The van der Waals surface area contributed by atoms with E-state index < -0.39 is 11.9 Å². The van der Waals surface area contributed by atoms with Crippen LogP contribution < -0.4 is 0 Å². The third-order valence-electron chi connectivity index (χ3n) is 1.90. The first-order valence-corrected chi connectivity index (χ1v) is 4.59. The van der Waals surface area contributed by atoms with Gasteiger partial charge < -0.3 is 14.6 Å². The van der Waals surface area contributed by atoms with E-state index in [1.807, 2.05) is 0 Å². The van der Waals surface area contributed by atoms with E-state index in [1.165, 1.54) is 32.4 Å². The largest absolute Gasteiger partial charge is 0.507 e. The van der Waals surface area contributed by atoms with E-state index in [-0.39, 0.29) is 11.3 Å². The van der Waals surface area contributed by atoms with Crippen LogP contribution in [0.15, 0.2) is 18.2 Å². The summed E-state index contributed by atoms with van der Waals surface area (Å²) in [5.74, 6) is 3.11. The lowest BCUT2D eigenvalue weighted by molar-refractivity contribution is -0.133. The number of benzene rings is 1. The van der Waals surface area contributed by atoms with E-state index in [2.05, 4.69) is 21.3 Å². The molecule has 0 aliphatic carbocycles. The van der Waals surface area contributed by atoms with Crippen LogP contribution in [-0.2, 0) is 14.3 Å². The number of aromatic hydroxyl groups is 1. The minimum absolute atomic E-state index is 0.0381. The van der Waals surface area contributed by atoms with Crippen LogP contribution in [0.4, 0.5) is 0 Å². The maximum Gasteiger partial charge on any atom is 0.384 e. The quantitative estimate of drug-likeness (QED) is 0.572. The summed E-state index contributed by atoms with van der Waals surface area (Å²) in [6.45, 7) is 0. The second kappa shape index (κ2) is 5.56. The SMILES string of the molecule is COC(=O)C#Cc1ccc(C(=O)OC)c(O)c1. The molecule has 0 fully saturated rings. The number of phenols is 1. The zero-order valence-electron chi connectivity index (χ0n) is 9.31. The number of rotatable bonds is 1. The monoisotopic (exact) mass is 234 g/mol. The molecule has 1 aromatic carbocycles. The van der Waals surface area contributed by atoms with Crippen LogP contribution in [0.3, 0.4) is 0 Å². The molecule has 1 aromatic rings. The molecule has 0 saturated carbocycles. The lowest BCUT2D eigenvalue weighted by atomic mass is 10.1. The molecule has 0 unspecified atom stereocenters. The van der Waals surface area contributed by atoms with Crippen molar-refractivity contribution in [1.82, 2.24) is 0 Å². The number of carbonyl (C=O) groups is 2. The fraction of sp³-hybridized carbons (Fsp3) is 0.167. The number of carbonyl (C=O) groups excluding carboxylic acids is 2. The van der Waals surface area contributed by atoms with Crippen LogP contribution in [0, 0.1) is 11.8 Å². The Morgan fingerprint density at radius 2 is 1.94 bits per heavy atom. The normalized spacial score (nSPS) is 8.82. The highest BCUT2D eigenvalue weighted by atomic mass is 16.5. The predicted octanol–water partition coefficient (Wildman–Crippen LogP) is 0.703. The number of ether oxygens (including phenoxy) is 2. The Labute approximate surface area is 98.0 Å². The summed E-state index contributed by atoms with van der Waals surface area (Å²) in [6.07, 6.45) is 0. The Morgan fingerprint density at radius 1 is 1.24 bits per heavy atom. The van der Waals surface area contributed by atoms with Crippen molar-refractivity contribution in [3.05, 3.63) is 29.3 Å². The molecule has 5 nitrogen and oxygen atoms in total. The highest BCUT2D eigenvalue weighted by Crippen LogP contribution is 2.19. The molecular weight excluding hydrogens is 224 g/mol. The van der Waals surface area contributed by atoms with Gasteiger partial charge in [0, 0.05) is 11.5 Å². The van der Waals surface area contributed by atoms with Crippen LogP contribution in [0.5, 0.6) is 5.75 Å². The van der Waals surface area contributed by atoms with Gasteiger partial charge in [0.15, 0.2) is 0 Å². The lowest BCUT2D eigenvalue weighted by Crippen LogP contribution is -2.01. The molecule has 0 aromatic heterocycles. The molecule has 0 heterocycles. The van der Waals surface area contributed by atoms with Crippen molar-refractivity contribution in [1.29, 1.82) is 0 Å². The van der Waals surface area contributed by atoms with Gasteiger partial charge in [-0.25, -0.2) is 9.59 Å². The van der Waals surface area contributed by atoms with Crippen LogP contribution in [0.2, 0.25) is 0 Å². The van der Waals surface area contributed by atoms with E-state index in [1.54, 1.807) is 0 Å². The summed E-state index contributed by atoms with van der Waals surface area (Å²) in [6, 6.07) is 4.12. The van der Waals surface area contributed by atoms with Gasteiger partial charge in [-0.2, -0.15) is 0 Å². The van der Waals surface area contributed by atoms with E-state index in [0.717, 1.165) is 0 Å². The molecule has 17 heavy (non-hydrogen) atoms. The van der Waals surface area contributed by atoms with Gasteiger partial charge in [-0.1, -0.05) is 5.92 Å². The van der Waals surface area contributed by atoms with Crippen molar-refractivity contribution >= 4 is 11.9 Å². The summed E-state index contributed by atoms with van der Waals surface area (Å²) in [4.78, 5) is 21.9. The van der Waals surface area contributed by atoms with Crippen molar-refractivity contribution in [2.45, 2.75) is 0 Å². The predicted molar refractivity (Wildman–Crippen MR) is 58.3 cm³/mol. The summed E-state index contributed by atoms with van der Waals surface area (Å²) in [5, 5.41) is 9.53. The van der Waals surface area contributed by atoms with Crippen LogP contribution in [-0.4, -0.2) is 31.3 Å². The number of esters is 2. The van der Waals surface area contributed by atoms with Crippen molar-refractivity contribution < 1.29 is 24.2 Å². The molecule has 1 rings (SSSR count). The second-order valence-corrected chi connectivity index (χ2v) is 2.97. The highest BCUT2D eigenvalue weighted by molar-refractivity contribution is 5.93. The minimum Gasteiger partial charge on any atom is -0.507 e. The Hall–Kier alpha value is -2.48. The molecule has 0 aliphatic rings. The molecule has 0 spiro atoms. The average Bonchev–Trinajstić information content (AvgIpc) is 2.35. The summed E-state index contributed by atoms with van der Waals surface area (Å²) >= 11 is 0. The molecule has 1 N–H and O–H groups in total. The van der Waals surface area contributed by atoms with Gasteiger partial charge in [-0.15, -0.1) is 0 Å². The smallest absolute Gasteiger partial charge is 0.384 e. The van der Waals surface area contributed by atoms with Crippen molar-refractivity contribution in [2.24, 2.45) is 0 Å². The number of hydrogen-bond donors (Lipinski definition) is 1. The van der Waals surface area contributed by atoms with Gasteiger partial charge in [0.1, 0.15) is 11.3 Å². The number of hydrogen-bond acceptors (Lipinski definition) is 5. The topological polar surface area (TPSA) is 72.8 Å². The highest BCUT2D eigenvalue weighted by Gasteiger charge is 2.10. The molecule has 0 radical (unpaired) electrons. The van der Waals surface area contributed by atoms with Gasteiger partial charge in [-0.05, 0) is 18.2 Å². The van der Waals surface area contributed by atoms with Gasteiger partial charge in [0.05, 0.1) is 14.2 Å². The Bertz CT molecular complexity index is 507. The number of phenolic OH excluding ortho intramolecular Hbond substituents is 1. The average molecular weight is 234 g/mol. The van der Waals surface area contributed by atoms with Crippen molar-refractivity contribution in [3.8, 4) is 17.6 Å². The Kier molecular flexibility index (Phi) is 4.12. The molecule has 0 aliphatic heterocycles. The zero-order chi connectivity index (χ0) is 12.8. The molecule has 0 amide bonds.